The van der Waals surface area contributed by atoms with Crippen LogP contribution in [0.25, 0.3) is 10.9 Å². The number of rotatable bonds is 2. The third-order valence-electron chi connectivity index (χ3n) is 2.00. The molecule has 0 radical (unpaired) electrons. The molecule has 0 aliphatic heterocycles. The predicted molar refractivity (Wildman–Crippen MR) is 57.6 cm³/mol. The minimum Gasteiger partial charge on any atom is -0.364 e. The van der Waals surface area contributed by atoms with Crippen molar-refractivity contribution in [2.75, 3.05) is 0 Å². The number of nitrogens with zero attached hydrogens (tertiary/aromatic N) is 2. The number of benzene rings is 1. The van der Waals surface area contributed by atoms with Crippen LogP contribution in [0.4, 0.5) is 0 Å². The fraction of sp³-hybridized carbons (Fsp3) is 0.100. The van der Waals surface area contributed by atoms with Crippen LogP contribution in [0.2, 0.25) is 0 Å². The second-order valence-corrected chi connectivity index (χ2v) is 3.27. The highest BCUT2D eigenvalue weighted by Crippen LogP contribution is 2.15. The number of para-hydroxylation sites is 1. The van der Waals surface area contributed by atoms with E-state index in [-0.39, 0.29) is 11.6 Å². The quantitative estimate of drug-likeness (QED) is 0.781. The molecule has 76 valence electrons. The summed E-state index contributed by atoms with van der Waals surface area (Å²) in [5.41, 5.74) is 6.13. The number of aromatic nitrogens is 2. The fourth-order valence-electron chi connectivity index (χ4n) is 1.37. The van der Waals surface area contributed by atoms with Crippen LogP contribution in [0, 0.1) is 0 Å². The Hall–Kier alpha value is -1.68. The van der Waals surface area contributed by atoms with Gasteiger partial charge in [-0.1, -0.05) is 18.2 Å². The third kappa shape index (κ3) is 1.76. The van der Waals surface area contributed by atoms with Crippen LogP contribution < -0.4 is 5.73 Å². The Bertz CT molecular complexity index is 527. The third-order valence-corrected chi connectivity index (χ3v) is 2.24. The molecule has 1 aromatic heterocycles. The lowest BCUT2D eigenvalue weighted by Gasteiger charge is -2.03. The number of fused-ring (bicyclic) bond motifs is 1. The highest BCUT2D eigenvalue weighted by molar-refractivity contribution is 6.16. The van der Waals surface area contributed by atoms with Gasteiger partial charge in [-0.3, -0.25) is 4.79 Å². The van der Waals surface area contributed by atoms with E-state index in [0.717, 1.165) is 0 Å². The first-order chi connectivity index (χ1) is 7.22. The van der Waals surface area contributed by atoms with Crippen molar-refractivity contribution in [2.45, 2.75) is 5.88 Å². The standard InChI is InChI=1S/C10H8ClN3O/c11-5-8-13-7-4-2-1-3-6(7)9(14-8)10(12)15/h1-4H,5H2,(H2,12,15). The summed E-state index contributed by atoms with van der Waals surface area (Å²) in [7, 11) is 0. The number of carbonyl (C=O) groups excluding carboxylic acids is 1. The lowest BCUT2D eigenvalue weighted by Crippen LogP contribution is -2.15. The van der Waals surface area contributed by atoms with Gasteiger partial charge in [-0.25, -0.2) is 9.97 Å². The lowest BCUT2D eigenvalue weighted by molar-refractivity contribution is 0.0997. The van der Waals surface area contributed by atoms with Gasteiger partial charge in [-0.05, 0) is 6.07 Å². The lowest BCUT2D eigenvalue weighted by atomic mass is 10.2. The Morgan fingerprint density at radius 1 is 1.33 bits per heavy atom. The number of hydrogen-bond acceptors (Lipinski definition) is 3. The number of carbonyl (C=O) groups is 1. The van der Waals surface area contributed by atoms with Gasteiger partial charge in [0, 0.05) is 5.39 Å². The molecule has 5 heteroatoms. The zero-order valence-electron chi connectivity index (χ0n) is 7.77. The van der Waals surface area contributed by atoms with Crippen molar-refractivity contribution >= 4 is 28.4 Å². The molecule has 2 rings (SSSR count). The minimum atomic E-state index is -0.569. The van der Waals surface area contributed by atoms with Gasteiger partial charge in [0.25, 0.3) is 5.91 Å². The Labute approximate surface area is 91.1 Å². The van der Waals surface area contributed by atoms with Crippen LogP contribution in [0.5, 0.6) is 0 Å². The highest BCUT2D eigenvalue weighted by Gasteiger charge is 2.10. The van der Waals surface area contributed by atoms with E-state index in [9.17, 15) is 4.79 Å². The SMILES string of the molecule is NC(=O)c1nc(CCl)nc2ccccc12. The number of amides is 1. The van der Waals surface area contributed by atoms with E-state index in [4.69, 9.17) is 17.3 Å². The number of hydrogen-bond donors (Lipinski definition) is 1. The molecule has 0 atom stereocenters. The highest BCUT2D eigenvalue weighted by atomic mass is 35.5. The van der Waals surface area contributed by atoms with Crippen LogP contribution in [0.1, 0.15) is 16.3 Å². The molecule has 0 aliphatic carbocycles. The van der Waals surface area contributed by atoms with Gasteiger partial charge < -0.3 is 5.73 Å². The van der Waals surface area contributed by atoms with Gasteiger partial charge in [0.2, 0.25) is 0 Å². The first-order valence-corrected chi connectivity index (χ1v) is 4.87. The van der Waals surface area contributed by atoms with Gasteiger partial charge in [0.15, 0.2) is 0 Å². The Kier molecular flexibility index (Phi) is 2.51. The Morgan fingerprint density at radius 3 is 2.73 bits per heavy atom. The molecule has 0 saturated heterocycles. The monoisotopic (exact) mass is 221 g/mol. The van der Waals surface area contributed by atoms with Gasteiger partial charge in [0.05, 0.1) is 11.4 Å². The van der Waals surface area contributed by atoms with E-state index in [0.29, 0.717) is 16.7 Å². The van der Waals surface area contributed by atoms with Crippen LogP contribution in [-0.4, -0.2) is 15.9 Å². The molecule has 2 aromatic rings. The number of alkyl halides is 1. The average molecular weight is 222 g/mol. The predicted octanol–water partition coefficient (Wildman–Crippen LogP) is 1.47. The molecule has 0 aliphatic rings. The molecule has 0 saturated carbocycles. The van der Waals surface area contributed by atoms with Gasteiger partial charge in [-0.2, -0.15) is 0 Å². The summed E-state index contributed by atoms with van der Waals surface area (Å²) in [5, 5.41) is 0.652. The maximum atomic E-state index is 11.2. The molecular formula is C10H8ClN3O. The first-order valence-electron chi connectivity index (χ1n) is 4.34. The molecule has 1 heterocycles. The Balaban J connectivity index is 2.80. The zero-order chi connectivity index (χ0) is 10.8. The summed E-state index contributed by atoms with van der Waals surface area (Å²) in [6.07, 6.45) is 0. The maximum absolute atomic E-state index is 11.2. The summed E-state index contributed by atoms with van der Waals surface area (Å²) >= 11 is 5.63. The molecule has 4 nitrogen and oxygen atoms in total. The maximum Gasteiger partial charge on any atom is 0.268 e. The van der Waals surface area contributed by atoms with E-state index < -0.39 is 5.91 Å². The normalized spacial score (nSPS) is 10.5. The fourth-order valence-corrected chi connectivity index (χ4v) is 1.49. The van der Waals surface area contributed by atoms with Crippen LogP contribution in [0.3, 0.4) is 0 Å². The van der Waals surface area contributed by atoms with Gasteiger partial charge in [0.1, 0.15) is 11.5 Å². The van der Waals surface area contributed by atoms with Crippen molar-refractivity contribution in [3.05, 3.63) is 35.8 Å². The van der Waals surface area contributed by atoms with E-state index in [1.54, 1.807) is 18.2 Å². The summed E-state index contributed by atoms with van der Waals surface area (Å²) in [5.74, 6) is -0.00499. The number of halogens is 1. The molecular weight excluding hydrogens is 214 g/mol. The van der Waals surface area contributed by atoms with Crippen molar-refractivity contribution in [2.24, 2.45) is 5.73 Å². The topological polar surface area (TPSA) is 68.9 Å². The number of nitrogens with two attached hydrogens (primary N) is 1. The second-order valence-electron chi connectivity index (χ2n) is 3.00. The summed E-state index contributed by atoms with van der Waals surface area (Å²) in [6.45, 7) is 0. The van der Waals surface area contributed by atoms with Crippen molar-refractivity contribution < 1.29 is 4.79 Å². The van der Waals surface area contributed by atoms with Gasteiger partial charge in [-0.15, -0.1) is 11.6 Å². The smallest absolute Gasteiger partial charge is 0.268 e. The van der Waals surface area contributed by atoms with Crippen LogP contribution in [-0.2, 0) is 5.88 Å². The summed E-state index contributed by atoms with van der Waals surface area (Å²) in [6, 6.07) is 7.18. The van der Waals surface area contributed by atoms with Crippen LogP contribution >= 0.6 is 11.6 Å². The molecule has 1 amide bonds. The first kappa shape index (κ1) is 9.86. The minimum absolute atomic E-state index is 0.158. The molecule has 1 aromatic carbocycles. The number of primary amides is 1. The largest absolute Gasteiger partial charge is 0.364 e. The summed E-state index contributed by atoms with van der Waals surface area (Å²) < 4.78 is 0. The molecule has 0 spiro atoms. The van der Waals surface area contributed by atoms with Crippen molar-refractivity contribution in [3.8, 4) is 0 Å². The average Bonchev–Trinajstić information content (AvgIpc) is 2.27. The van der Waals surface area contributed by atoms with E-state index in [1.807, 2.05) is 6.07 Å². The summed E-state index contributed by atoms with van der Waals surface area (Å²) in [4.78, 5) is 19.4. The van der Waals surface area contributed by atoms with Crippen molar-refractivity contribution in [3.63, 3.8) is 0 Å². The van der Waals surface area contributed by atoms with Gasteiger partial charge >= 0.3 is 0 Å². The zero-order valence-corrected chi connectivity index (χ0v) is 8.53. The molecule has 0 unspecified atom stereocenters. The molecule has 0 fully saturated rings. The van der Waals surface area contributed by atoms with E-state index in [1.165, 1.54) is 0 Å². The second kappa shape index (κ2) is 3.82. The van der Waals surface area contributed by atoms with Crippen LogP contribution in [0.15, 0.2) is 24.3 Å². The molecule has 0 bridgehead atoms. The Morgan fingerprint density at radius 2 is 2.07 bits per heavy atom. The van der Waals surface area contributed by atoms with Crippen molar-refractivity contribution in [1.29, 1.82) is 0 Å². The molecule has 15 heavy (non-hydrogen) atoms. The van der Waals surface area contributed by atoms with E-state index in [2.05, 4.69) is 9.97 Å². The van der Waals surface area contributed by atoms with Crippen molar-refractivity contribution in [1.82, 2.24) is 9.97 Å². The molecule has 2 N–H and O–H groups in total. The van der Waals surface area contributed by atoms with E-state index >= 15 is 0 Å².